The Labute approximate surface area is 174 Å². The van der Waals surface area contributed by atoms with Crippen molar-refractivity contribution in [2.75, 3.05) is 50.7 Å². The Morgan fingerprint density at radius 1 is 0.933 bits per heavy atom. The van der Waals surface area contributed by atoms with Crippen LogP contribution in [-0.4, -0.2) is 95.4 Å². The van der Waals surface area contributed by atoms with Crippen LogP contribution in [0.5, 0.6) is 0 Å². The van der Waals surface area contributed by atoms with Crippen molar-refractivity contribution in [2.45, 2.75) is 25.3 Å². The number of amides is 3. The predicted octanol–water partition coefficient (Wildman–Crippen LogP) is 0.257. The molecule has 0 saturated carbocycles. The molecule has 0 aromatic heterocycles. The van der Waals surface area contributed by atoms with Gasteiger partial charge in [0.25, 0.3) is 5.91 Å². The zero-order chi connectivity index (χ0) is 21.3. The molecule has 0 aliphatic carbocycles. The van der Waals surface area contributed by atoms with Crippen molar-refractivity contribution < 1.29 is 24.3 Å². The van der Waals surface area contributed by atoms with E-state index >= 15 is 0 Å². The van der Waals surface area contributed by atoms with Crippen LogP contribution in [0.2, 0.25) is 0 Å². The SMILES string of the molecule is O=C(O)c1ccc(N2C(=O)C[C@H](N3CCN(C(=O)CN4CCCC4)CC3)C2=O)cc1. The number of aromatic carboxylic acids is 1. The Kier molecular flexibility index (Phi) is 5.83. The Morgan fingerprint density at radius 3 is 2.17 bits per heavy atom. The molecule has 1 aromatic rings. The van der Waals surface area contributed by atoms with E-state index in [9.17, 15) is 19.2 Å². The average molecular weight is 414 g/mol. The van der Waals surface area contributed by atoms with Crippen LogP contribution in [0, 0.1) is 0 Å². The molecule has 9 heteroatoms. The molecule has 4 rings (SSSR count). The maximum Gasteiger partial charge on any atom is 0.335 e. The van der Waals surface area contributed by atoms with E-state index in [0.29, 0.717) is 38.4 Å². The van der Waals surface area contributed by atoms with E-state index in [1.807, 2.05) is 9.80 Å². The molecule has 160 valence electrons. The van der Waals surface area contributed by atoms with Crippen molar-refractivity contribution in [2.24, 2.45) is 0 Å². The molecule has 3 saturated heterocycles. The highest BCUT2D eigenvalue weighted by atomic mass is 16.4. The number of carbonyl (C=O) groups is 4. The van der Waals surface area contributed by atoms with Gasteiger partial charge in [0.1, 0.15) is 0 Å². The van der Waals surface area contributed by atoms with E-state index in [4.69, 9.17) is 5.11 Å². The van der Waals surface area contributed by atoms with Crippen LogP contribution >= 0.6 is 0 Å². The lowest BCUT2D eigenvalue weighted by atomic mass is 10.1. The molecule has 0 spiro atoms. The number of carboxylic acids is 1. The molecule has 3 heterocycles. The van der Waals surface area contributed by atoms with Gasteiger partial charge in [-0.1, -0.05) is 0 Å². The molecule has 3 aliphatic rings. The lowest BCUT2D eigenvalue weighted by molar-refractivity contribution is -0.134. The first-order valence-corrected chi connectivity index (χ1v) is 10.4. The molecule has 0 radical (unpaired) electrons. The molecule has 1 aromatic carbocycles. The summed E-state index contributed by atoms with van der Waals surface area (Å²) in [7, 11) is 0. The van der Waals surface area contributed by atoms with Gasteiger partial charge in [-0.3, -0.25) is 24.2 Å². The maximum absolute atomic E-state index is 12.9. The fourth-order valence-electron chi connectivity index (χ4n) is 4.44. The summed E-state index contributed by atoms with van der Waals surface area (Å²) in [6.07, 6.45) is 2.39. The van der Waals surface area contributed by atoms with Gasteiger partial charge in [-0.05, 0) is 50.2 Å². The lowest BCUT2D eigenvalue weighted by Crippen LogP contribution is -2.55. The van der Waals surface area contributed by atoms with Crippen molar-refractivity contribution in [1.29, 1.82) is 0 Å². The second-order valence-corrected chi connectivity index (χ2v) is 8.04. The number of rotatable bonds is 5. The quantitative estimate of drug-likeness (QED) is 0.690. The number of likely N-dealkylation sites (tertiary alicyclic amines) is 1. The molecule has 3 aliphatic heterocycles. The number of hydrogen-bond acceptors (Lipinski definition) is 6. The molecule has 30 heavy (non-hydrogen) atoms. The van der Waals surface area contributed by atoms with Crippen molar-refractivity contribution in [3.05, 3.63) is 29.8 Å². The van der Waals surface area contributed by atoms with Crippen molar-refractivity contribution in [1.82, 2.24) is 14.7 Å². The summed E-state index contributed by atoms with van der Waals surface area (Å²) >= 11 is 0. The van der Waals surface area contributed by atoms with Crippen LogP contribution in [0.15, 0.2) is 24.3 Å². The summed E-state index contributed by atoms with van der Waals surface area (Å²) in [6.45, 7) is 4.64. The fourth-order valence-corrected chi connectivity index (χ4v) is 4.44. The van der Waals surface area contributed by atoms with E-state index in [0.717, 1.165) is 30.8 Å². The number of nitrogens with zero attached hydrogens (tertiary/aromatic N) is 4. The minimum absolute atomic E-state index is 0.0985. The van der Waals surface area contributed by atoms with Crippen LogP contribution in [0.25, 0.3) is 0 Å². The zero-order valence-corrected chi connectivity index (χ0v) is 16.8. The molecule has 1 N–H and O–H groups in total. The first-order valence-electron chi connectivity index (χ1n) is 10.4. The molecule has 3 amide bonds. The predicted molar refractivity (Wildman–Crippen MR) is 108 cm³/mol. The van der Waals surface area contributed by atoms with E-state index < -0.39 is 12.0 Å². The fraction of sp³-hybridized carbons (Fsp3) is 0.524. The number of imide groups is 1. The van der Waals surface area contributed by atoms with E-state index in [2.05, 4.69) is 4.90 Å². The largest absolute Gasteiger partial charge is 0.478 e. The first-order chi connectivity index (χ1) is 14.4. The Bertz CT molecular complexity index is 841. The van der Waals surface area contributed by atoms with Crippen LogP contribution < -0.4 is 4.90 Å². The smallest absolute Gasteiger partial charge is 0.335 e. The van der Waals surface area contributed by atoms with E-state index in [1.54, 1.807) is 0 Å². The number of carboxylic acid groups (broad SMARTS) is 1. The van der Waals surface area contributed by atoms with Gasteiger partial charge in [-0.2, -0.15) is 0 Å². The Balaban J connectivity index is 1.35. The summed E-state index contributed by atoms with van der Waals surface area (Å²) in [5, 5.41) is 9.01. The minimum Gasteiger partial charge on any atom is -0.478 e. The maximum atomic E-state index is 12.9. The lowest BCUT2D eigenvalue weighted by Gasteiger charge is -2.37. The van der Waals surface area contributed by atoms with Gasteiger partial charge >= 0.3 is 5.97 Å². The molecule has 0 bridgehead atoms. The summed E-state index contributed by atoms with van der Waals surface area (Å²) in [6, 6.07) is 5.20. The van der Waals surface area contributed by atoms with Crippen LogP contribution in [0.1, 0.15) is 29.6 Å². The molecular weight excluding hydrogens is 388 g/mol. The number of piperazine rings is 1. The summed E-state index contributed by atoms with van der Waals surface area (Å²) < 4.78 is 0. The highest BCUT2D eigenvalue weighted by Crippen LogP contribution is 2.26. The van der Waals surface area contributed by atoms with Crippen LogP contribution in [0.4, 0.5) is 5.69 Å². The third kappa shape index (κ3) is 4.08. The van der Waals surface area contributed by atoms with Crippen LogP contribution in [0.3, 0.4) is 0 Å². The minimum atomic E-state index is -1.06. The van der Waals surface area contributed by atoms with Gasteiger partial charge < -0.3 is 10.0 Å². The molecule has 3 fully saturated rings. The topological polar surface area (TPSA) is 101 Å². The van der Waals surface area contributed by atoms with Gasteiger partial charge in [0.05, 0.1) is 30.3 Å². The average Bonchev–Trinajstić information content (AvgIpc) is 3.35. The third-order valence-electron chi connectivity index (χ3n) is 6.16. The molecular formula is C21H26N4O5. The van der Waals surface area contributed by atoms with Gasteiger partial charge in [0, 0.05) is 26.2 Å². The third-order valence-corrected chi connectivity index (χ3v) is 6.16. The molecule has 9 nitrogen and oxygen atoms in total. The summed E-state index contributed by atoms with van der Waals surface area (Å²) in [5.41, 5.74) is 0.487. The Hall–Kier alpha value is -2.78. The number of hydrogen-bond donors (Lipinski definition) is 1. The highest BCUT2D eigenvalue weighted by Gasteiger charge is 2.43. The van der Waals surface area contributed by atoms with Gasteiger partial charge in [-0.25, -0.2) is 9.69 Å². The van der Waals surface area contributed by atoms with Crippen LogP contribution in [-0.2, 0) is 14.4 Å². The van der Waals surface area contributed by atoms with Gasteiger partial charge in [0.15, 0.2) is 0 Å². The summed E-state index contributed by atoms with van der Waals surface area (Å²) in [4.78, 5) is 56.1. The number of carbonyl (C=O) groups excluding carboxylic acids is 3. The standard InChI is InChI=1S/C21H26N4O5/c26-18-13-17(20(28)25(18)16-5-3-15(4-6-16)21(29)30)23-9-11-24(12-10-23)19(27)14-22-7-1-2-8-22/h3-6,17H,1-2,7-14H2,(H,29,30)/t17-/m0/s1. The second-order valence-electron chi connectivity index (χ2n) is 8.04. The van der Waals surface area contributed by atoms with E-state index in [1.165, 1.54) is 24.3 Å². The highest BCUT2D eigenvalue weighted by molar-refractivity contribution is 6.22. The van der Waals surface area contributed by atoms with Crippen molar-refractivity contribution in [3.63, 3.8) is 0 Å². The number of benzene rings is 1. The van der Waals surface area contributed by atoms with Gasteiger partial charge in [-0.15, -0.1) is 0 Å². The van der Waals surface area contributed by atoms with Crippen molar-refractivity contribution >= 4 is 29.4 Å². The van der Waals surface area contributed by atoms with E-state index in [-0.39, 0.29) is 29.7 Å². The monoisotopic (exact) mass is 414 g/mol. The number of anilines is 1. The molecule has 1 atom stereocenters. The normalized spacial score (nSPS) is 23.4. The van der Waals surface area contributed by atoms with Gasteiger partial charge in [0.2, 0.25) is 11.8 Å². The molecule has 0 unspecified atom stereocenters. The Morgan fingerprint density at radius 2 is 1.57 bits per heavy atom. The summed E-state index contributed by atoms with van der Waals surface area (Å²) in [5.74, 6) is -1.51. The van der Waals surface area contributed by atoms with Crippen molar-refractivity contribution in [3.8, 4) is 0 Å². The second kappa shape index (κ2) is 8.53. The first kappa shape index (κ1) is 20.5. The zero-order valence-electron chi connectivity index (χ0n) is 16.8.